The van der Waals surface area contributed by atoms with E-state index in [9.17, 15) is 0 Å². The first-order chi connectivity index (χ1) is 6.24. The first-order valence-corrected chi connectivity index (χ1v) is 4.46. The van der Waals surface area contributed by atoms with Gasteiger partial charge in [-0.05, 0) is 5.92 Å². The highest BCUT2D eigenvalue weighted by molar-refractivity contribution is 5.17. The van der Waals surface area contributed by atoms with Gasteiger partial charge in [0.25, 0.3) is 0 Å². The zero-order chi connectivity index (χ0) is 10.3. The molecule has 0 aliphatic heterocycles. The fourth-order valence-electron chi connectivity index (χ4n) is 0.694. The Morgan fingerprint density at radius 2 is 1.85 bits per heavy atom. The maximum Gasteiger partial charge on any atom is 0.158 e. The molecule has 1 rings (SSSR count). The molecule has 0 radical (unpaired) electrons. The Hall–Kier alpha value is -1.43. The average Bonchev–Trinajstić information content (AvgIpc) is 2.21. The van der Waals surface area contributed by atoms with Gasteiger partial charge in [0.05, 0.1) is 18.1 Å². The van der Waals surface area contributed by atoms with E-state index in [1.165, 1.54) is 6.20 Å². The first-order valence-electron chi connectivity index (χ1n) is 4.46. The molecule has 0 saturated heterocycles. The van der Waals surface area contributed by atoms with Crippen molar-refractivity contribution in [2.45, 2.75) is 33.6 Å². The molecule has 1 heterocycles. The maximum atomic E-state index is 8.41. The summed E-state index contributed by atoms with van der Waals surface area (Å²) in [5.74, 6) is 0.371. The Morgan fingerprint density at radius 3 is 2.15 bits per heavy atom. The number of nitrogens with zero attached hydrogens (tertiary/aromatic N) is 3. The highest BCUT2D eigenvalue weighted by atomic mass is 14.8. The minimum atomic E-state index is 0.370. The van der Waals surface area contributed by atoms with E-state index in [0.29, 0.717) is 11.6 Å². The molecule has 0 saturated carbocycles. The van der Waals surface area contributed by atoms with Crippen LogP contribution in [0.3, 0.4) is 0 Å². The molecule has 0 amide bonds. The third kappa shape index (κ3) is 3.66. The summed E-state index contributed by atoms with van der Waals surface area (Å²) >= 11 is 0. The van der Waals surface area contributed by atoms with Crippen LogP contribution in [-0.4, -0.2) is 9.97 Å². The van der Waals surface area contributed by atoms with E-state index in [-0.39, 0.29) is 0 Å². The normalized spacial score (nSPS) is 8.62. The first kappa shape index (κ1) is 11.6. The van der Waals surface area contributed by atoms with Crippen molar-refractivity contribution in [2.75, 3.05) is 0 Å². The molecular formula is C10H15N3. The number of hydrogen-bond donors (Lipinski definition) is 0. The van der Waals surface area contributed by atoms with Gasteiger partial charge in [-0.25, -0.2) is 4.98 Å². The molecule has 0 fully saturated rings. The van der Waals surface area contributed by atoms with Crippen molar-refractivity contribution in [3.63, 3.8) is 0 Å². The Bertz CT molecular complexity index is 269. The Kier molecular flexibility index (Phi) is 5.45. The van der Waals surface area contributed by atoms with E-state index in [0.717, 1.165) is 5.69 Å². The van der Waals surface area contributed by atoms with Crippen LogP contribution in [0.2, 0.25) is 0 Å². The van der Waals surface area contributed by atoms with Gasteiger partial charge in [0.2, 0.25) is 0 Å². The fourth-order valence-corrected chi connectivity index (χ4v) is 0.694. The van der Waals surface area contributed by atoms with Crippen molar-refractivity contribution in [3.05, 3.63) is 23.8 Å². The number of aromatic nitrogens is 2. The summed E-state index contributed by atoms with van der Waals surface area (Å²) in [4.78, 5) is 7.96. The maximum absolute atomic E-state index is 8.41. The van der Waals surface area contributed by atoms with Crippen molar-refractivity contribution in [1.29, 1.82) is 5.26 Å². The van der Waals surface area contributed by atoms with Gasteiger partial charge in [-0.1, -0.05) is 27.7 Å². The summed E-state index contributed by atoms with van der Waals surface area (Å²) in [6.07, 6.45) is 3.14. The second-order valence-corrected chi connectivity index (χ2v) is 2.59. The summed E-state index contributed by atoms with van der Waals surface area (Å²) in [7, 11) is 0. The highest BCUT2D eigenvalue weighted by Crippen LogP contribution is 2.08. The lowest BCUT2D eigenvalue weighted by Gasteiger charge is -2.00. The van der Waals surface area contributed by atoms with Crippen LogP contribution < -0.4 is 0 Å². The van der Waals surface area contributed by atoms with Crippen molar-refractivity contribution in [1.82, 2.24) is 9.97 Å². The molecular weight excluding hydrogens is 162 g/mol. The molecule has 1 aromatic heterocycles. The fraction of sp³-hybridized carbons (Fsp3) is 0.500. The van der Waals surface area contributed by atoms with Crippen LogP contribution in [0.25, 0.3) is 0 Å². The van der Waals surface area contributed by atoms with Gasteiger partial charge in [-0.15, -0.1) is 0 Å². The van der Waals surface area contributed by atoms with E-state index in [2.05, 4.69) is 9.97 Å². The molecule has 3 nitrogen and oxygen atoms in total. The zero-order valence-corrected chi connectivity index (χ0v) is 8.57. The third-order valence-corrected chi connectivity index (χ3v) is 1.38. The summed E-state index contributed by atoms with van der Waals surface area (Å²) in [5, 5.41) is 8.41. The van der Waals surface area contributed by atoms with Crippen LogP contribution >= 0.6 is 0 Å². The molecule has 0 aliphatic carbocycles. The molecule has 1 aromatic rings. The van der Waals surface area contributed by atoms with Crippen LogP contribution in [0.5, 0.6) is 0 Å². The molecule has 0 N–H and O–H groups in total. The van der Waals surface area contributed by atoms with E-state index in [4.69, 9.17) is 5.26 Å². The molecule has 0 aromatic carbocycles. The van der Waals surface area contributed by atoms with Gasteiger partial charge >= 0.3 is 0 Å². The average molecular weight is 177 g/mol. The number of nitriles is 1. The molecule has 0 aliphatic rings. The predicted molar refractivity (Wildman–Crippen MR) is 52.2 cm³/mol. The second kappa shape index (κ2) is 6.13. The van der Waals surface area contributed by atoms with Crippen LogP contribution in [0, 0.1) is 11.3 Å². The third-order valence-electron chi connectivity index (χ3n) is 1.38. The number of hydrogen-bond acceptors (Lipinski definition) is 3. The SMILES string of the molecule is CC.CC(C)c1cnc(C#N)cn1. The summed E-state index contributed by atoms with van der Waals surface area (Å²) < 4.78 is 0. The molecule has 70 valence electrons. The van der Waals surface area contributed by atoms with Gasteiger partial charge in [-0.2, -0.15) is 5.26 Å². The summed E-state index contributed by atoms with van der Waals surface area (Å²) in [5.41, 5.74) is 1.29. The van der Waals surface area contributed by atoms with Crippen molar-refractivity contribution in [3.8, 4) is 6.07 Å². The van der Waals surface area contributed by atoms with Crippen LogP contribution in [0.1, 0.15) is 45.0 Å². The van der Waals surface area contributed by atoms with Crippen LogP contribution in [-0.2, 0) is 0 Å². The van der Waals surface area contributed by atoms with Crippen molar-refractivity contribution in [2.24, 2.45) is 0 Å². The van der Waals surface area contributed by atoms with Gasteiger partial charge in [-0.3, -0.25) is 4.98 Å². The van der Waals surface area contributed by atoms with Gasteiger partial charge in [0, 0.05) is 0 Å². The Labute approximate surface area is 79.5 Å². The summed E-state index contributed by atoms with van der Waals surface area (Å²) in [6, 6.07) is 1.92. The van der Waals surface area contributed by atoms with E-state index in [1.54, 1.807) is 6.20 Å². The topological polar surface area (TPSA) is 49.6 Å². The monoisotopic (exact) mass is 177 g/mol. The van der Waals surface area contributed by atoms with Crippen LogP contribution in [0.15, 0.2) is 12.4 Å². The second-order valence-electron chi connectivity index (χ2n) is 2.59. The van der Waals surface area contributed by atoms with E-state index >= 15 is 0 Å². The number of rotatable bonds is 1. The molecule has 0 unspecified atom stereocenters. The molecule has 3 heteroatoms. The van der Waals surface area contributed by atoms with Gasteiger partial charge < -0.3 is 0 Å². The van der Waals surface area contributed by atoms with Gasteiger partial charge in [0.15, 0.2) is 5.69 Å². The lowest BCUT2D eigenvalue weighted by atomic mass is 10.1. The van der Waals surface area contributed by atoms with E-state index < -0.39 is 0 Å². The minimum Gasteiger partial charge on any atom is -0.256 e. The molecule has 0 bridgehead atoms. The summed E-state index contributed by atoms with van der Waals surface area (Å²) in [6.45, 7) is 8.08. The quantitative estimate of drug-likeness (QED) is 0.662. The Balaban J connectivity index is 0.000000671. The minimum absolute atomic E-state index is 0.370. The lowest BCUT2D eigenvalue weighted by Crippen LogP contribution is -1.94. The predicted octanol–water partition coefficient (Wildman–Crippen LogP) is 2.50. The van der Waals surface area contributed by atoms with Crippen molar-refractivity contribution < 1.29 is 0 Å². The molecule has 0 spiro atoms. The lowest BCUT2D eigenvalue weighted by molar-refractivity contribution is 0.810. The smallest absolute Gasteiger partial charge is 0.158 e. The van der Waals surface area contributed by atoms with Crippen LogP contribution in [0.4, 0.5) is 0 Å². The van der Waals surface area contributed by atoms with Gasteiger partial charge in [0.1, 0.15) is 6.07 Å². The zero-order valence-electron chi connectivity index (χ0n) is 8.57. The Morgan fingerprint density at radius 1 is 1.23 bits per heavy atom. The van der Waals surface area contributed by atoms with E-state index in [1.807, 2.05) is 33.8 Å². The molecule has 13 heavy (non-hydrogen) atoms. The largest absolute Gasteiger partial charge is 0.256 e. The van der Waals surface area contributed by atoms with Crippen molar-refractivity contribution >= 4 is 0 Å². The standard InChI is InChI=1S/C8H9N3.C2H6/c1-6(2)8-5-10-7(3-9)4-11-8;1-2/h4-6H,1-2H3;1-2H3. The molecule has 0 atom stereocenters. The highest BCUT2D eigenvalue weighted by Gasteiger charge is 1.99.